The average Bonchev–Trinajstić information content (AvgIpc) is 2.33. The summed E-state index contributed by atoms with van der Waals surface area (Å²) in [6, 6.07) is 0. The second-order valence-electron chi connectivity index (χ2n) is 6.85. The normalized spacial score (nSPS) is 14.2. The summed E-state index contributed by atoms with van der Waals surface area (Å²) in [7, 11) is -0.774. The van der Waals surface area contributed by atoms with Gasteiger partial charge in [0.25, 0.3) is 0 Å². The maximum atomic E-state index is 5.65. The Morgan fingerprint density at radius 1 is 0.789 bits per heavy atom. The minimum atomic E-state index is -0.387. The average molecular weight is 306 g/mol. The Hall–Kier alpha value is 0.314. The molecule has 0 aromatic carbocycles. The molecular formula is C14H35NO2Si2. The van der Waals surface area contributed by atoms with Crippen molar-refractivity contribution in [3.8, 4) is 0 Å². The summed E-state index contributed by atoms with van der Waals surface area (Å²) >= 11 is 0. The van der Waals surface area contributed by atoms with Gasteiger partial charge in [-0.3, -0.25) is 0 Å². The molecule has 19 heavy (non-hydrogen) atoms. The van der Waals surface area contributed by atoms with Crippen LogP contribution in [0.25, 0.3) is 0 Å². The summed E-state index contributed by atoms with van der Waals surface area (Å²) < 4.78 is 11.3. The third-order valence-corrected chi connectivity index (χ3v) is 6.85. The van der Waals surface area contributed by atoms with Crippen LogP contribution in [0.5, 0.6) is 0 Å². The Labute approximate surface area is 125 Å². The molecular weight excluding hydrogens is 270 g/mol. The predicted molar refractivity (Wildman–Crippen MR) is 90.5 cm³/mol. The van der Waals surface area contributed by atoms with E-state index in [-0.39, 0.29) is 19.5 Å². The van der Waals surface area contributed by atoms with Crippen LogP contribution in [-0.4, -0.2) is 45.8 Å². The molecule has 0 heterocycles. The molecule has 0 spiro atoms. The van der Waals surface area contributed by atoms with Crippen molar-refractivity contribution in [1.29, 1.82) is 0 Å². The quantitative estimate of drug-likeness (QED) is 0.442. The molecule has 0 saturated carbocycles. The third-order valence-electron chi connectivity index (χ3n) is 3.35. The highest BCUT2D eigenvalue weighted by molar-refractivity contribution is 6.32. The lowest BCUT2D eigenvalue weighted by Gasteiger charge is -2.25. The fraction of sp³-hybridized carbons (Fsp3) is 1.00. The van der Waals surface area contributed by atoms with Crippen LogP contribution in [0.2, 0.25) is 10.1 Å². The lowest BCUT2D eigenvalue weighted by Crippen LogP contribution is -2.27. The molecule has 0 bridgehead atoms. The van der Waals surface area contributed by atoms with Crippen molar-refractivity contribution >= 4 is 19.5 Å². The first-order valence-electron chi connectivity index (χ1n) is 7.69. The van der Waals surface area contributed by atoms with Crippen molar-refractivity contribution in [1.82, 2.24) is 5.32 Å². The number of nitrogens with one attached hydrogen (secondary N) is 1. The summed E-state index contributed by atoms with van der Waals surface area (Å²) in [6.07, 6.45) is 2.45. The van der Waals surface area contributed by atoms with Crippen molar-refractivity contribution in [2.45, 2.75) is 64.5 Å². The molecule has 0 aromatic heterocycles. The molecule has 0 amide bonds. The molecule has 0 saturated heterocycles. The predicted octanol–water partition coefficient (Wildman–Crippen LogP) is 1.99. The van der Waals surface area contributed by atoms with Gasteiger partial charge in [0.15, 0.2) is 19.5 Å². The van der Waals surface area contributed by atoms with Gasteiger partial charge in [-0.1, -0.05) is 27.7 Å². The highest BCUT2D eigenvalue weighted by Crippen LogP contribution is 2.28. The van der Waals surface area contributed by atoms with Crippen LogP contribution in [0.4, 0.5) is 0 Å². The number of rotatable bonds is 12. The molecule has 0 radical (unpaired) electrons. The Balaban J connectivity index is 3.63. The van der Waals surface area contributed by atoms with Gasteiger partial charge < -0.3 is 14.2 Å². The van der Waals surface area contributed by atoms with Crippen LogP contribution in [-0.2, 0) is 8.85 Å². The van der Waals surface area contributed by atoms with Gasteiger partial charge in [-0.25, -0.2) is 0 Å². The maximum absolute atomic E-state index is 5.65. The molecule has 0 unspecified atom stereocenters. The fourth-order valence-electron chi connectivity index (χ4n) is 1.88. The van der Waals surface area contributed by atoms with Crippen molar-refractivity contribution < 1.29 is 8.85 Å². The Kier molecular flexibility index (Phi) is 10.3. The van der Waals surface area contributed by atoms with Gasteiger partial charge in [0.2, 0.25) is 0 Å². The highest BCUT2D eigenvalue weighted by Gasteiger charge is 2.20. The van der Waals surface area contributed by atoms with Crippen LogP contribution in [0.15, 0.2) is 0 Å². The minimum Gasteiger partial charge on any atom is -0.424 e. The lowest BCUT2D eigenvalue weighted by atomic mass is 10.1. The van der Waals surface area contributed by atoms with E-state index in [0.29, 0.717) is 10.1 Å². The van der Waals surface area contributed by atoms with E-state index in [0.717, 1.165) is 26.3 Å². The smallest absolute Gasteiger partial charge is 0.167 e. The van der Waals surface area contributed by atoms with Gasteiger partial charge in [-0.05, 0) is 49.9 Å². The molecule has 1 N–H and O–H groups in total. The first-order valence-corrected chi connectivity index (χ1v) is 10.3. The lowest BCUT2D eigenvalue weighted by molar-refractivity contribution is 0.331. The molecule has 0 atom stereocenters. The molecule has 0 fully saturated rings. The molecule has 0 aliphatic rings. The van der Waals surface area contributed by atoms with Gasteiger partial charge >= 0.3 is 0 Å². The van der Waals surface area contributed by atoms with Crippen LogP contribution in [0, 0.1) is 0 Å². The van der Waals surface area contributed by atoms with E-state index < -0.39 is 0 Å². The van der Waals surface area contributed by atoms with Gasteiger partial charge in [-0.15, -0.1) is 0 Å². The van der Waals surface area contributed by atoms with E-state index in [1.807, 2.05) is 0 Å². The zero-order valence-electron chi connectivity index (χ0n) is 14.0. The van der Waals surface area contributed by atoms with Crippen LogP contribution >= 0.6 is 0 Å². The monoisotopic (exact) mass is 305 g/mol. The van der Waals surface area contributed by atoms with Crippen molar-refractivity contribution in [2.75, 3.05) is 26.3 Å². The number of hydrogen-bond donors (Lipinski definition) is 1. The summed E-state index contributed by atoms with van der Waals surface area (Å²) in [6.45, 7) is 17.5. The first-order chi connectivity index (χ1) is 8.83. The molecule has 0 aliphatic carbocycles. The fourth-order valence-corrected chi connectivity index (χ4v) is 4.04. The standard InChI is InChI=1S/C14H35NO2Si2/c1-7-16-18-13(3,4)9-11-15-12-10-14(5,6)19-17-8-2/h15H,7-12,18-19H2,1-6H3. The minimum absolute atomic E-state index is 0.387. The third kappa shape index (κ3) is 11.8. The SMILES string of the molecule is CCO[SiH2]C(C)(C)CCNCCC(C)(C)[SiH2]OCC. The van der Waals surface area contributed by atoms with Crippen LogP contribution in [0.1, 0.15) is 54.4 Å². The van der Waals surface area contributed by atoms with Gasteiger partial charge in [0.1, 0.15) is 0 Å². The van der Waals surface area contributed by atoms with E-state index in [2.05, 4.69) is 46.9 Å². The van der Waals surface area contributed by atoms with Gasteiger partial charge in [-0.2, -0.15) is 0 Å². The summed E-state index contributed by atoms with van der Waals surface area (Å²) in [4.78, 5) is 0. The largest absolute Gasteiger partial charge is 0.424 e. The summed E-state index contributed by atoms with van der Waals surface area (Å²) in [5.74, 6) is 0. The van der Waals surface area contributed by atoms with Gasteiger partial charge in [0, 0.05) is 13.2 Å². The van der Waals surface area contributed by atoms with E-state index in [4.69, 9.17) is 8.85 Å². The zero-order chi connectivity index (χ0) is 14.8. The summed E-state index contributed by atoms with van der Waals surface area (Å²) in [5.41, 5.74) is 0. The van der Waals surface area contributed by atoms with E-state index in [1.165, 1.54) is 12.8 Å². The molecule has 3 nitrogen and oxygen atoms in total. The molecule has 116 valence electrons. The second-order valence-corrected chi connectivity index (χ2v) is 12.1. The second kappa shape index (κ2) is 10.1. The summed E-state index contributed by atoms with van der Waals surface area (Å²) in [5, 5.41) is 4.41. The van der Waals surface area contributed by atoms with E-state index >= 15 is 0 Å². The Morgan fingerprint density at radius 3 is 1.47 bits per heavy atom. The van der Waals surface area contributed by atoms with Crippen molar-refractivity contribution in [3.63, 3.8) is 0 Å². The molecule has 5 heteroatoms. The number of hydrogen-bond acceptors (Lipinski definition) is 3. The molecule has 0 aromatic rings. The van der Waals surface area contributed by atoms with Crippen molar-refractivity contribution in [3.05, 3.63) is 0 Å². The topological polar surface area (TPSA) is 30.5 Å². The van der Waals surface area contributed by atoms with Crippen molar-refractivity contribution in [2.24, 2.45) is 0 Å². The maximum Gasteiger partial charge on any atom is 0.167 e. The Bertz CT molecular complexity index is 201. The Morgan fingerprint density at radius 2 is 1.16 bits per heavy atom. The van der Waals surface area contributed by atoms with E-state index in [9.17, 15) is 0 Å². The van der Waals surface area contributed by atoms with Crippen LogP contribution in [0.3, 0.4) is 0 Å². The first kappa shape index (κ1) is 19.3. The zero-order valence-corrected chi connectivity index (χ0v) is 16.8. The highest BCUT2D eigenvalue weighted by atomic mass is 28.2. The van der Waals surface area contributed by atoms with Crippen LogP contribution < -0.4 is 5.32 Å². The van der Waals surface area contributed by atoms with E-state index in [1.54, 1.807) is 0 Å². The molecule has 0 rings (SSSR count). The van der Waals surface area contributed by atoms with Gasteiger partial charge in [0.05, 0.1) is 0 Å². The molecule has 0 aliphatic heterocycles.